The van der Waals surface area contributed by atoms with E-state index < -0.39 is 18.2 Å². The van der Waals surface area contributed by atoms with Crippen LogP contribution in [0.15, 0.2) is 48.5 Å². The topological polar surface area (TPSA) is 94.1 Å². The summed E-state index contributed by atoms with van der Waals surface area (Å²) in [5, 5.41) is 11.9. The van der Waals surface area contributed by atoms with Gasteiger partial charge in [0.2, 0.25) is 0 Å². The molecule has 7 heteroatoms. The van der Waals surface area contributed by atoms with Crippen molar-refractivity contribution in [2.24, 2.45) is 0 Å². The van der Waals surface area contributed by atoms with Crippen LogP contribution < -0.4 is 10.1 Å². The molecule has 0 radical (unpaired) electrons. The van der Waals surface area contributed by atoms with Crippen LogP contribution in [0, 0.1) is 0 Å². The van der Waals surface area contributed by atoms with Gasteiger partial charge in [0.05, 0.1) is 13.2 Å². The van der Waals surface area contributed by atoms with Gasteiger partial charge >= 0.3 is 12.1 Å². The van der Waals surface area contributed by atoms with E-state index in [2.05, 4.69) is 5.32 Å². The minimum Gasteiger partial charge on any atom is -0.497 e. The zero-order valence-corrected chi connectivity index (χ0v) is 16.2. The molecule has 1 amide bonds. The standard InChI is InChI=1S/C21H25NO6/c1-14(2)28-19(20(23)24)12-15-4-6-16(7-5-15)13-27-21(25)22-17-8-10-18(26-3)11-9-17/h4-11,14,19H,12-13H2,1-3H3,(H,22,25)(H,23,24). The van der Waals surface area contributed by atoms with Crippen molar-refractivity contribution in [2.45, 2.75) is 39.1 Å². The zero-order chi connectivity index (χ0) is 20.5. The molecule has 2 rings (SSSR count). The molecule has 2 aromatic carbocycles. The lowest BCUT2D eigenvalue weighted by Gasteiger charge is -2.16. The Morgan fingerprint density at radius 3 is 2.14 bits per heavy atom. The molecule has 0 bridgehead atoms. The van der Waals surface area contributed by atoms with Gasteiger partial charge in [-0.15, -0.1) is 0 Å². The number of carboxylic acid groups (broad SMARTS) is 1. The maximum Gasteiger partial charge on any atom is 0.411 e. The van der Waals surface area contributed by atoms with Gasteiger partial charge in [-0.1, -0.05) is 24.3 Å². The Bertz CT molecular complexity index is 770. The van der Waals surface area contributed by atoms with Gasteiger partial charge in [0.15, 0.2) is 6.10 Å². The predicted octanol–water partition coefficient (Wildman–Crippen LogP) is 3.86. The van der Waals surface area contributed by atoms with E-state index in [-0.39, 0.29) is 19.1 Å². The van der Waals surface area contributed by atoms with E-state index in [0.29, 0.717) is 11.4 Å². The molecular weight excluding hydrogens is 362 g/mol. The van der Waals surface area contributed by atoms with Gasteiger partial charge < -0.3 is 19.3 Å². The Hall–Kier alpha value is -3.06. The van der Waals surface area contributed by atoms with Crippen LogP contribution in [0.3, 0.4) is 0 Å². The van der Waals surface area contributed by atoms with Gasteiger partial charge in [0.1, 0.15) is 12.4 Å². The summed E-state index contributed by atoms with van der Waals surface area (Å²) in [6.07, 6.45) is -1.35. The molecule has 150 valence electrons. The fraction of sp³-hybridized carbons (Fsp3) is 0.333. The number of ether oxygens (including phenoxy) is 3. The Morgan fingerprint density at radius 1 is 1.00 bits per heavy atom. The molecule has 0 heterocycles. The average Bonchev–Trinajstić information content (AvgIpc) is 2.67. The van der Waals surface area contributed by atoms with E-state index >= 15 is 0 Å². The molecule has 0 saturated heterocycles. The first-order valence-electron chi connectivity index (χ1n) is 8.91. The monoisotopic (exact) mass is 387 g/mol. The first kappa shape index (κ1) is 21.2. The van der Waals surface area contributed by atoms with Crippen LogP contribution in [0.25, 0.3) is 0 Å². The third kappa shape index (κ3) is 6.92. The molecule has 28 heavy (non-hydrogen) atoms. The maximum absolute atomic E-state index is 11.9. The number of benzene rings is 2. The lowest BCUT2D eigenvalue weighted by molar-refractivity contribution is -0.153. The summed E-state index contributed by atoms with van der Waals surface area (Å²) in [6.45, 7) is 3.70. The second-order valence-corrected chi connectivity index (χ2v) is 6.46. The lowest BCUT2D eigenvalue weighted by atomic mass is 10.1. The van der Waals surface area contributed by atoms with E-state index in [1.807, 2.05) is 0 Å². The van der Waals surface area contributed by atoms with Crippen LogP contribution in [0.1, 0.15) is 25.0 Å². The van der Waals surface area contributed by atoms with Crippen molar-refractivity contribution in [2.75, 3.05) is 12.4 Å². The van der Waals surface area contributed by atoms with Crippen LogP contribution in [-0.4, -0.2) is 36.5 Å². The van der Waals surface area contributed by atoms with Gasteiger partial charge in [0, 0.05) is 12.1 Å². The van der Waals surface area contributed by atoms with E-state index in [0.717, 1.165) is 11.1 Å². The average molecular weight is 387 g/mol. The van der Waals surface area contributed by atoms with Crippen molar-refractivity contribution in [3.63, 3.8) is 0 Å². The number of hydrogen-bond acceptors (Lipinski definition) is 5. The normalized spacial score (nSPS) is 11.7. The fourth-order valence-electron chi connectivity index (χ4n) is 2.48. The highest BCUT2D eigenvalue weighted by Gasteiger charge is 2.20. The van der Waals surface area contributed by atoms with E-state index in [1.165, 1.54) is 0 Å². The van der Waals surface area contributed by atoms with Gasteiger partial charge in [0.25, 0.3) is 0 Å². The molecule has 0 aromatic heterocycles. The molecule has 1 atom stereocenters. The number of rotatable bonds is 9. The largest absolute Gasteiger partial charge is 0.497 e. The van der Waals surface area contributed by atoms with E-state index in [1.54, 1.807) is 69.5 Å². The number of hydrogen-bond donors (Lipinski definition) is 2. The first-order valence-corrected chi connectivity index (χ1v) is 8.91. The number of carbonyl (C=O) groups is 2. The summed E-state index contributed by atoms with van der Waals surface area (Å²) in [5.74, 6) is -0.292. The van der Waals surface area contributed by atoms with Crippen LogP contribution in [0.4, 0.5) is 10.5 Å². The molecule has 2 N–H and O–H groups in total. The number of carboxylic acids is 1. The Labute approximate surface area is 164 Å². The van der Waals surface area contributed by atoms with Crippen LogP contribution in [0.2, 0.25) is 0 Å². The number of aliphatic carboxylic acids is 1. The Kier molecular flexibility index (Phi) is 7.83. The maximum atomic E-state index is 11.9. The molecule has 0 aliphatic carbocycles. The third-order valence-corrected chi connectivity index (χ3v) is 3.86. The van der Waals surface area contributed by atoms with Gasteiger partial charge in [-0.3, -0.25) is 5.32 Å². The molecule has 0 saturated carbocycles. The Morgan fingerprint density at radius 2 is 1.61 bits per heavy atom. The summed E-state index contributed by atoms with van der Waals surface area (Å²) >= 11 is 0. The molecule has 1 unspecified atom stereocenters. The van der Waals surface area contributed by atoms with Crippen molar-refractivity contribution < 1.29 is 28.9 Å². The Balaban J connectivity index is 1.84. The second-order valence-electron chi connectivity index (χ2n) is 6.46. The molecule has 7 nitrogen and oxygen atoms in total. The van der Waals surface area contributed by atoms with Crippen LogP contribution in [0.5, 0.6) is 5.75 Å². The van der Waals surface area contributed by atoms with Crippen molar-refractivity contribution in [3.05, 3.63) is 59.7 Å². The quantitative estimate of drug-likeness (QED) is 0.678. The highest BCUT2D eigenvalue weighted by Crippen LogP contribution is 2.16. The summed E-state index contributed by atoms with van der Waals surface area (Å²) in [6, 6.07) is 14.1. The fourth-order valence-corrected chi connectivity index (χ4v) is 2.48. The smallest absolute Gasteiger partial charge is 0.411 e. The second kappa shape index (κ2) is 10.3. The van der Waals surface area contributed by atoms with Gasteiger partial charge in [-0.25, -0.2) is 9.59 Å². The molecular formula is C21H25NO6. The van der Waals surface area contributed by atoms with E-state index in [4.69, 9.17) is 14.2 Å². The highest BCUT2D eigenvalue weighted by molar-refractivity contribution is 5.84. The van der Waals surface area contributed by atoms with E-state index in [9.17, 15) is 14.7 Å². The van der Waals surface area contributed by atoms with Gasteiger partial charge in [-0.2, -0.15) is 0 Å². The first-order chi connectivity index (χ1) is 13.4. The summed E-state index contributed by atoms with van der Waals surface area (Å²) in [5.41, 5.74) is 2.23. The predicted molar refractivity (Wildman–Crippen MR) is 105 cm³/mol. The molecule has 0 aliphatic heterocycles. The number of amides is 1. The number of methoxy groups -OCH3 is 1. The van der Waals surface area contributed by atoms with Crippen molar-refractivity contribution in [3.8, 4) is 5.75 Å². The number of anilines is 1. The minimum absolute atomic E-state index is 0.104. The van der Waals surface area contributed by atoms with Crippen LogP contribution in [-0.2, 0) is 27.3 Å². The van der Waals surface area contributed by atoms with Crippen molar-refractivity contribution in [1.29, 1.82) is 0 Å². The van der Waals surface area contributed by atoms with Gasteiger partial charge in [-0.05, 0) is 49.2 Å². The van der Waals surface area contributed by atoms with Crippen molar-refractivity contribution >= 4 is 17.7 Å². The molecule has 0 fully saturated rings. The molecule has 0 spiro atoms. The summed E-state index contributed by atoms with van der Waals surface area (Å²) < 4.78 is 15.7. The third-order valence-electron chi connectivity index (χ3n) is 3.86. The summed E-state index contributed by atoms with van der Waals surface area (Å²) in [4.78, 5) is 23.2. The lowest BCUT2D eigenvalue weighted by Crippen LogP contribution is -2.29. The highest BCUT2D eigenvalue weighted by atomic mass is 16.5. The molecule has 2 aromatic rings. The number of carbonyl (C=O) groups excluding carboxylic acids is 1. The minimum atomic E-state index is -0.990. The SMILES string of the molecule is COc1ccc(NC(=O)OCc2ccc(CC(OC(C)C)C(=O)O)cc2)cc1. The zero-order valence-electron chi connectivity index (χ0n) is 16.2. The molecule has 0 aliphatic rings. The van der Waals surface area contributed by atoms with Crippen LogP contribution >= 0.6 is 0 Å². The number of nitrogens with one attached hydrogen (secondary N) is 1. The summed E-state index contributed by atoms with van der Waals surface area (Å²) in [7, 11) is 1.57. The van der Waals surface area contributed by atoms with Crippen molar-refractivity contribution in [1.82, 2.24) is 0 Å².